The summed E-state index contributed by atoms with van der Waals surface area (Å²) in [5.41, 5.74) is 15.5. The fourth-order valence-electron chi connectivity index (χ4n) is 10.0. The maximum atomic E-state index is 5.49. The van der Waals surface area contributed by atoms with Crippen molar-refractivity contribution in [2.75, 3.05) is 0 Å². The molecular weight excluding hydrogens is 683 g/mol. The van der Waals surface area contributed by atoms with Gasteiger partial charge in [0.15, 0.2) is 5.82 Å². The van der Waals surface area contributed by atoms with Crippen LogP contribution in [0.15, 0.2) is 152 Å². The van der Waals surface area contributed by atoms with Crippen molar-refractivity contribution in [1.82, 2.24) is 24.1 Å². The van der Waals surface area contributed by atoms with Crippen LogP contribution >= 0.6 is 0 Å². The van der Waals surface area contributed by atoms with Crippen LogP contribution in [0.5, 0.6) is 0 Å². The van der Waals surface area contributed by atoms with Crippen LogP contribution in [0.2, 0.25) is 0 Å². The molecule has 0 bridgehead atoms. The Morgan fingerprint density at radius 2 is 0.786 bits per heavy atom. The van der Waals surface area contributed by atoms with Crippen LogP contribution in [0, 0.1) is 0 Å². The zero-order valence-corrected chi connectivity index (χ0v) is 31.7. The van der Waals surface area contributed by atoms with Gasteiger partial charge >= 0.3 is 0 Å². The number of nitrogens with zero attached hydrogens (tertiary/aromatic N) is 5. The van der Waals surface area contributed by atoms with E-state index in [1.165, 1.54) is 66.1 Å². The number of hydrogen-bond acceptors (Lipinski definition) is 3. The van der Waals surface area contributed by atoms with Gasteiger partial charge in [-0.3, -0.25) is 9.13 Å². The number of hydrogen-bond donors (Lipinski definition) is 0. The lowest BCUT2D eigenvalue weighted by Gasteiger charge is -2.22. The number of rotatable bonds is 3. The van der Waals surface area contributed by atoms with Gasteiger partial charge in [0.1, 0.15) is 0 Å². The molecule has 5 nitrogen and oxygen atoms in total. The Hall–Kier alpha value is -6.85. The smallest absolute Gasteiger partial charge is 0.240 e. The molecule has 0 radical (unpaired) electrons. The molecule has 0 N–H and O–H groups in total. The predicted molar refractivity (Wildman–Crippen MR) is 229 cm³/mol. The van der Waals surface area contributed by atoms with E-state index in [4.69, 9.17) is 15.0 Å². The van der Waals surface area contributed by atoms with Gasteiger partial charge in [0.25, 0.3) is 0 Å². The summed E-state index contributed by atoms with van der Waals surface area (Å²) in [4.78, 5) is 16.1. The number of benzene rings is 7. The first-order valence-corrected chi connectivity index (χ1v) is 19.5. The van der Waals surface area contributed by atoms with Crippen LogP contribution < -0.4 is 0 Å². The molecule has 0 saturated carbocycles. The van der Waals surface area contributed by atoms with Gasteiger partial charge in [-0.05, 0) is 80.9 Å². The van der Waals surface area contributed by atoms with Crippen LogP contribution in [0.25, 0.3) is 89.2 Å². The lowest BCUT2D eigenvalue weighted by atomic mass is 9.82. The largest absolute Gasteiger partial charge is 0.278 e. The van der Waals surface area contributed by atoms with E-state index < -0.39 is 0 Å². The van der Waals surface area contributed by atoms with E-state index in [-0.39, 0.29) is 10.8 Å². The Kier molecular flexibility index (Phi) is 6.12. The second-order valence-corrected chi connectivity index (χ2v) is 16.5. The van der Waals surface area contributed by atoms with E-state index in [0.717, 1.165) is 27.6 Å². The van der Waals surface area contributed by atoms with E-state index in [1.807, 2.05) is 18.2 Å². The third-order valence-corrected chi connectivity index (χ3v) is 12.8. The Morgan fingerprint density at radius 3 is 1.29 bits per heavy atom. The van der Waals surface area contributed by atoms with Gasteiger partial charge in [0, 0.05) is 37.9 Å². The summed E-state index contributed by atoms with van der Waals surface area (Å²) in [6.45, 7) is 9.35. The van der Waals surface area contributed by atoms with Gasteiger partial charge in [-0.2, -0.15) is 15.0 Å². The fraction of sp³-hybridized carbons (Fsp3) is 0.118. The minimum atomic E-state index is -0.155. The van der Waals surface area contributed by atoms with Crippen molar-refractivity contribution in [3.8, 4) is 45.5 Å². The molecule has 0 amide bonds. The summed E-state index contributed by atoms with van der Waals surface area (Å²) < 4.78 is 4.51. The molecule has 0 fully saturated rings. The molecule has 5 heteroatoms. The summed E-state index contributed by atoms with van der Waals surface area (Å²) in [5.74, 6) is 1.81. The van der Waals surface area contributed by atoms with Crippen molar-refractivity contribution >= 4 is 43.6 Å². The minimum Gasteiger partial charge on any atom is -0.278 e. The molecule has 0 saturated heterocycles. The number of aromatic nitrogens is 5. The highest BCUT2D eigenvalue weighted by Crippen LogP contribution is 2.52. The monoisotopic (exact) mass is 719 g/mol. The lowest BCUT2D eigenvalue weighted by Crippen LogP contribution is -2.15. The summed E-state index contributed by atoms with van der Waals surface area (Å²) >= 11 is 0. The molecule has 56 heavy (non-hydrogen) atoms. The molecule has 0 atom stereocenters. The standard InChI is InChI=1S/C51H37N5/c1-50(2)39-22-12-8-18-31(39)35-26-37-33-20-10-14-24-43(33)55(45(37)28-41(35)50)48-52-47(30-16-6-5-7-17-30)53-49(54-48)56-44-25-15-11-21-34(44)38-27-36-32-19-9-13-23-40(32)51(3,4)42(36)29-46(38)56/h5-29H,1-4H3. The summed E-state index contributed by atoms with van der Waals surface area (Å²) in [6.07, 6.45) is 0. The van der Waals surface area contributed by atoms with Gasteiger partial charge in [-0.1, -0.05) is 143 Å². The molecule has 3 heterocycles. The molecule has 3 aromatic heterocycles. The molecule has 0 aliphatic heterocycles. The average molecular weight is 720 g/mol. The first-order valence-electron chi connectivity index (χ1n) is 19.5. The molecule has 2 aliphatic carbocycles. The molecule has 0 unspecified atom stereocenters. The van der Waals surface area contributed by atoms with Crippen LogP contribution in [0.1, 0.15) is 49.9 Å². The molecule has 266 valence electrons. The first-order chi connectivity index (χ1) is 27.3. The van der Waals surface area contributed by atoms with E-state index in [0.29, 0.717) is 17.7 Å². The van der Waals surface area contributed by atoms with Crippen molar-refractivity contribution < 1.29 is 0 Å². The van der Waals surface area contributed by atoms with E-state index in [9.17, 15) is 0 Å². The summed E-state index contributed by atoms with van der Waals surface area (Å²) in [5, 5.41) is 4.71. The molecule has 7 aromatic carbocycles. The summed E-state index contributed by atoms with van der Waals surface area (Å²) in [6, 6.07) is 54.8. The molecule has 0 spiro atoms. The second kappa shape index (κ2) is 10.9. The van der Waals surface area contributed by atoms with Crippen LogP contribution in [0.3, 0.4) is 0 Å². The topological polar surface area (TPSA) is 48.5 Å². The van der Waals surface area contributed by atoms with Gasteiger partial charge in [0.05, 0.1) is 22.1 Å². The van der Waals surface area contributed by atoms with Gasteiger partial charge in [-0.25, -0.2) is 0 Å². The Bertz CT molecular complexity index is 3110. The highest BCUT2D eigenvalue weighted by Gasteiger charge is 2.38. The average Bonchev–Trinajstić information content (AvgIpc) is 3.88. The Balaban J connectivity index is 1.18. The molecule has 12 rings (SSSR count). The maximum Gasteiger partial charge on any atom is 0.240 e. The third-order valence-electron chi connectivity index (χ3n) is 12.8. The van der Waals surface area contributed by atoms with Crippen LogP contribution in [-0.4, -0.2) is 24.1 Å². The quantitative estimate of drug-likeness (QED) is 0.183. The van der Waals surface area contributed by atoms with Gasteiger partial charge in [0.2, 0.25) is 11.9 Å². The van der Waals surface area contributed by atoms with Crippen molar-refractivity contribution in [2.24, 2.45) is 0 Å². The van der Waals surface area contributed by atoms with Crippen LogP contribution in [0.4, 0.5) is 0 Å². The SMILES string of the molecule is CC1(C)c2ccccc2-c2cc3c4ccccc4n(-c4nc(-c5ccccc5)nc(-n5c6ccccc6c6cc7c(cc65)C(C)(C)c5ccccc5-7)n4)c3cc21. The zero-order valence-electron chi connectivity index (χ0n) is 31.7. The Morgan fingerprint density at radius 1 is 0.357 bits per heavy atom. The maximum absolute atomic E-state index is 5.49. The number of fused-ring (bicyclic) bond motifs is 12. The molecular formula is C51H37N5. The van der Waals surface area contributed by atoms with E-state index >= 15 is 0 Å². The summed E-state index contributed by atoms with van der Waals surface area (Å²) in [7, 11) is 0. The van der Waals surface area contributed by atoms with Crippen molar-refractivity contribution in [1.29, 1.82) is 0 Å². The van der Waals surface area contributed by atoms with Crippen molar-refractivity contribution in [3.05, 3.63) is 174 Å². The van der Waals surface area contributed by atoms with E-state index in [2.05, 4.69) is 170 Å². The second-order valence-electron chi connectivity index (χ2n) is 16.5. The normalized spacial score (nSPS) is 14.7. The number of para-hydroxylation sites is 2. The van der Waals surface area contributed by atoms with Crippen molar-refractivity contribution in [3.63, 3.8) is 0 Å². The molecule has 2 aliphatic rings. The fourth-order valence-corrected chi connectivity index (χ4v) is 10.0. The Labute approximate surface area is 324 Å². The van der Waals surface area contributed by atoms with Crippen LogP contribution in [-0.2, 0) is 10.8 Å². The molecule has 10 aromatic rings. The first kappa shape index (κ1) is 31.5. The third kappa shape index (κ3) is 4.07. The van der Waals surface area contributed by atoms with Crippen molar-refractivity contribution in [2.45, 2.75) is 38.5 Å². The lowest BCUT2D eigenvalue weighted by molar-refractivity contribution is 0.661. The van der Waals surface area contributed by atoms with Gasteiger partial charge in [-0.15, -0.1) is 0 Å². The highest BCUT2D eigenvalue weighted by atomic mass is 15.3. The minimum absolute atomic E-state index is 0.155. The zero-order chi connectivity index (χ0) is 37.5. The highest BCUT2D eigenvalue weighted by molar-refractivity contribution is 6.13. The predicted octanol–water partition coefficient (Wildman–Crippen LogP) is 12.3. The van der Waals surface area contributed by atoms with E-state index in [1.54, 1.807) is 0 Å². The van der Waals surface area contributed by atoms with Gasteiger partial charge < -0.3 is 0 Å².